The van der Waals surface area contributed by atoms with Gasteiger partial charge in [-0.15, -0.1) is 22.7 Å². The van der Waals surface area contributed by atoms with Crippen molar-refractivity contribution in [1.29, 1.82) is 0 Å². The summed E-state index contributed by atoms with van der Waals surface area (Å²) in [6, 6.07) is 55.7. The Morgan fingerprint density at radius 2 is 1.04 bits per heavy atom. The summed E-state index contributed by atoms with van der Waals surface area (Å²) < 4.78 is 7.81. The van der Waals surface area contributed by atoms with E-state index >= 15 is 0 Å². The first-order chi connectivity index (χ1) is 22.3. The first-order valence-corrected chi connectivity index (χ1v) is 16.9. The quantitative estimate of drug-likeness (QED) is 0.188. The van der Waals surface area contributed by atoms with Gasteiger partial charge in [0.1, 0.15) is 0 Å². The van der Waals surface area contributed by atoms with E-state index in [0.717, 1.165) is 0 Å². The number of nitrogens with zero attached hydrogens (tertiary/aromatic N) is 1. The summed E-state index contributed by atoms with van der Waals surface area (Å²) in [5.41, 5.74) is 8.81. The second kappa shape index (κ2) is 9.64. The highest BCUT2D eigenvalue weighted by atomic mass is 32.1. The first-order valence-electron chi connectivity index (χ1n) is 15.3. The largest absolute Gasteiger partial charge is 0.308 e. The van der Waals surface area contributed by atoms with Crippen molar-refractivity contribution in [3.63, 3.8) is 0 Å². The molecule has 45 heavy (non-hydrogen) atoms. The van der Waals surface area contributed by atoms with Crippen LogP contribution in [0, 0.1) is 0 Å². The molecule has 0 unspecified atom stereocenters. The molecule has 3 heteroatoms. The molecule has 0 aliphatic carbocycles. The molecular formula is C42H25NS2. The minimum absolute atomic E-state index is 1.23. The number of para-hydroxylation sites is 1. The number of hydrogen-bond donors (Lipinski definition) is 0. The monoisotopic (exact) mass is 607 g/mol. The SMILES string of the molecule is c1ccc(-c2ccc3c(c2)c2ccccc2n3-c2cccc3c2sc2cccc(-c4cccc5c4sc4ccccc45)c23)cc1. The van der Waals surface area contributed by atoms with Crippen LogP contribution >= 0.6 is 22.7 Å². The minimum atomic E-state index is 1.23. The Morgan fingerprint density at radius 3 is 1.98 bits per heavy atom. The second-order valence-electron chi connectivity index (χ2n) is 11.7. The minimum Gasteiger partial charge on any atom is -0.308 e. The maximum absolute atomic E-state index is 2.48. The second-order valence-corrected chi connectivity index (χ2v) is 13.8. The lowest BCUT2D eigenvalue weighted by Crippen LogP contribution is -1.93. The summed E-state index contributed by atoms with van der Waals surface area (Å²) in [6.45, 7) is 0. The van der Waals surface area contributed by atoms with Crippen molar-refractivity contribution in [2.75, 3.05) is 0 Å². The lowest BCUT2D eigenvalue weighted by Gasteiger charge is -2.10. The summed E-state index contributed by atoms with van der Waals surface area (Å²) in [7, 11) is 0. The van der Waals surface area contributed by atoms with Gasteiger partial charge in [0.25, 0.3) is 0 Å². The molecule has 1 nitrogen and oxygen atoms in total. The number of thiophene rings is 2. The molecule has 0 spiro atoms. The molecule has 210 valence electrons. The number of benzene rings is 7. The highest BCUT2D eigenvalue weighted by molar-refractivity contribution is 7.27. The van der Waals surface area contributed by atoms with Crippen LogP contribution in [-0.2, 0) is 0 Å². The molecule has 10 aromatic rings. The summed E-state index contributed by atoms with van der Waals surface area (Å²) in [6.07, 6.45) is 0. The molecule has 0 bridgehead atoms. The summed E-state index contributed by atoms with van der Waals surface area (Å²) in [5, 5.41) is 7.89. The molecule has 7 aromatic carbocycles. The van der Waals surface area contributed by atoms with Crippen molar-refractivity contribution < 1.29 is 0 Å². The molecule has 10 rings (SSSR count). The lowest BCUT2D eigenvalue weighted by molar-refractivity contribution is 1.20. The van der Waals surface area contributed by atoms with Crippen LogP contribution in [0.25, 0.3) is 90.1 Å². The molecule has 3 heterocycles. The fourth-order valence-electron chi connectivity index (χ4n) is 7.24. The third kappa shape index (κ3) is 3.66. The number of aromatic nitrogens is 1. The normalized spacial score (nSPS) is 12.0. The fraction of sp³-hybridized carbons (Fsp3) is 0. The summed E-state index contributed by atoms with van der Waals surface area (Å²) >= 11 is 3.81. The van der Waals surface area contributed by atoms with Gasteiger partial charge in [0, 0.05) is 52.0 Å². The number of fused-ring (bicyclic) bond motifs is 9. The van der Waals surface area contributed by atoms with Crippen LogP contribution in [0.15, 0.2) is 152 Å². The van der Waals surface area contributed by atoms with Gasteiger partial charge >= 0.3 is 0 Å². The number of hydrogen-bond acceptors (Lipinski definition) is 2. The Bertz CT molecular complexity index is 2760. The zero-order chi connectivity index (χ0) is 29.5. The molecule has 0 radical (unpaired) electrons. The molecule has 0 fully saturated rings. The van der Waals surface area contributed by atoms with Gasteiger partial charge in [-0.05, 0) is 53.1 Å². The van der Waals surface area contributed by atoms with Crippen LogP contribution in [0.2, 0.25) is 0 Å². The zero-order valence-corrected chi connectivity index (χ0v) is 25.8. The standard InChI is InChI=1S/C42H25NS2/c1-2-11-26(12-3-1)27-23-24-36-34(25-27)28-13-4-6-19-35(28)43(36)37-20-9-18-33-40-30(15-10-22-39(40)45-42(33)37)32-17-8-16-31-29-14-5-7-21-38(29)44-41(31)32/h1-25H. The van der Waals surface area contributed by atoms with E-state index in [1.54, 1.807) is 0 Å². The Hall–Kier alpha value is -5.22. The predicted octanol–water partition coefficient (Wildman–Crippen LogP) is 12.9. The van der Waals surface area contributed by atoms with E-state index in [2.05, 4.69) is 156 Å². The van der Waals surface area contributed by atoms with Crippen LogP contribution in [0.4, 0.5) is 0 Å². The maximum atomic E-state index is 2.48. The average molecular weight is 608 g/mol. The fourth-order valence-corrected chi connectivity index (χ4v) is 9.70. The van der Waals surface area contributed by atoms with E-state index in [0.29, 0.717) is 0 Å². The van der Waals surface area contributed by atoms with Crippen LogP contribution in [0.1, 0.15) is 0 Å². The maximum Gasteiger partial charge on any atom is 0.0640 e. The molecule has 0 aliphatic heterocycles. The zero-order valence-electron chi connectivity index (χ0n) is 24.2. The smallest absolute Gasteiger partial charge is 0.0640 e. The van der Waals surface area contributed by atoms with Crippen LogP contribution < -0.4 is 0 Å². The van der Waals surface area contributed by atoms with Crippen molar-refractivity contribution >= 4 is 84.8 Å². The first kappa shape index (κ1) is 25.1. The molecule has 0 N–H and O–H groups in total. The Kier molecular flexibility index (Phi) is 5.39. The van der Waals surface area contributed by atoms with Crippen molar-refractivity contribution in [1.82, 2.24) is 4.57 Å². The predicted molar refractivity (Wildman–Crippen MR) is 197 cm³/mol. The highest BCUT2D eigenvalue weighted by Gasteiger charge is 2.19. The molecule has 0 saturated carbocycles. The molecule has 0 amide bonds. The van der Waals surface area contributed by atoms with Crippen molar-refractivity contribution in [2.45, 2.75) is 0 Å². The topological polar surface area (TPSA) is 4.93 Å². The third-order valence-corrected chi connectivity index (χ3v) is 11.6. The van der Waals surface area contributed by atoms with Gasteiger partial charge in [-0.3, -0.25) is 0 Å². The number of rotatable bonds is 3. The summed E-state index contributed by atoms with van der Waals surface area (Å²) in [4.78, 5) is 0. The van der Waals surface area contributed by atoms with Crippen LogP contribution in [0.3, 0.4) is 0 Å². The lowest BCUT2D eigenvalue weighted by atomic mass is 9.98. The Labute approximate surface area is 267 Å². The summed E-state index contributed by atoms with van der Waals surface area (Å²) in [5.74, 6) is 0. The molecular weight excluding hydrogens is 583 g/mol. The van der Waals surface area contributed by atoms with Gasteiger partial charge in [0.15, 0.2) is 0 Å². The van der Waals surface area contributed by atoms with Gasteiger partial charge in [0.05, 0.1) is 21.4 Å². The van der Waals surface area contributed by atoms with E-state index in [4.69, 9.17) is 0 Å². The van der Waals surface area contributed by atoms with E-state index < -0.39 is 0 Å². The molecule has 0 atom stereocenters. The highest BCUT2D eigenvalue weighted by Crippen LogP contribution is 2.47. The van der Waals surface area contributed by atoms with Gasteiger partial charge in [0.2, 0.25) is 0 Å². The Balaban J connectivity index is 1.25. The van der Waals surface area contributed by atoms with E-state index in [9.17, 15) is 0 Å². The van der Waals surface area contributed by atoms with Crippen molar-refractivity contribution in [3.05, 3.63) is 152 Å². The van der Waals surface area contributed by atoms with Crippen LogP contribution in [-0.4, -0.2) is 4.57 Å². The van der Waals surface area contributed by atoms with Gasteiger partial charge < -0.3 is 4.57 Å². The van der Waals surface area contributed by atoms with Crippen molar-refractivity contribution in [3.8, 4) is 27.9 Å². The van der Waals surface area contributed by atoms with E-state index in [1.807, 2.05) is 22.7 Å². The van der Waals surface area contributed by atoms with E-state index in [1.165, 1.54) is 90.1 Å². The molecule has 3 aromatic heterocycles. The van der Waals surface area contributed by atoms with Gasteiger partial charge in [-0.25, -0.2) is 0 Å². The third-order valence-electron chi connectivity index (χ3n) is 9.22. The van der Waals surface area contributed by atoms with Gasteiger partial charge in [-0.1, -0.05) is 115 Å². The Morgan fingerprint density at radius 1 is 0.378 bits per heavy atom. The van der Waals surface area contributed by atoms with Gasteiger partial charge in [-0.2, -0.15) is 0 Å². The van der Waals surface area contributed by atoms with Crippen LogP contribution in [0.5, 0.6) is 0 Å². The molecule has 0 aliphatic rings. The van der Waals surface area contributed by atoms with E-state index in [-0.39, 0.29) is 0 Å². The van der Waals surface area contributed by atoms with Crippen molar-refractivity contribution in [2.24, 2.45) is 0 Å². The average Bonchev–Trinajstić information content (AvgIpc) is 3.78. The molecule has 0 saturated heterocycles.